The van der Waals surface area contributed by atoms with Gasteiger partial charge in [-0.05, 0) is 0 Å². The van der Waals surface area contributed by atoms with Crippen LogP contribution in [0.2, 0.25) is 0 Å². The minimum Gasteiger partial charge on any atom is -0.289 e. The van der Waals surface area contributed by atoms with Crippen molar-refractivity contribution < 1.29 is 19.1 Å². The Balaban J connectivity index is 0.000000357. The van der Waals surface area contributed by atoms with Crippen molar-refractivity contribution in [2.45, 2.75) is 0 Å². The molecule has 0 bridgehead atoms. The van der Waals surface area contributed by atoms with E-state index < -0.39 is 8.25 Å². The van der Waals surface area contributed by atoms with E-state index in [1.165, 1.54) is 0 Å². The molecule has 5 heteroatoms. The molecule has 2 aromatic carbocycles. The zero-order chi connectivity index (χ0) is 13.4. The maximum Gasteiger partial charge on any atom is 0.692 e. The van der Waals surface area contributed by atoms with Gasteiger partial charge in [-0.3, -0.25) is 4.79 Å². The van der Waals surface area contributed by atoms with Crippen molar-refractivity contribution >= 4 is 14.0 Å². The van der Waals surface area contributed by atoms with Gasteiger partial charge in [-0.2, -0.15) is 0 Å². The average molecular weight is 263 g/mol. The lowest BCUT2D eigenvalue weighted by atomic mass is 10.0. The van der Waals surface area contributed by atoms with Crippen LogP contribution in [0, 0.1) is 0 Å². The predicted octanol–water partition coefficient (Wildman–Crippen LogP) is 2.55. The molecule has 4 nitrogen and oxygen atoms in total. The highest BCUT2D eigenvalue weighted by atomic mass is 31.1. The highest BCUT2D eigenvalue weighted by Gasteiger charge is 2.06. The molecule has 0 aromatic heterocycles. The van der Waals surface area contributed by atoms with Crippen molar-refractivity contribution in [2.75, 3.05) is 0 Å². The molecule has 0 radical (unpaired) electrons. The Bertz CT molecular complexity index is 466. The van der Waals surface area contributed by atoms with E-state index in [0.717, 1.165) is 11.1 Å². The van der Waals surface area contributed by atoms with Crippen LogP contribution in [0.5, 0.6) is 0 Å². The first-order chi connectivity index (χ1) is 8.61. The van der Waals surface area contributed by atoms with Crippen LogP contribution in [0.3, 0.4) is 0 Å². The van der Waals surface area contributed by atoms with Crippen LogP contribution in [-0.4, -0.2) is 15.6 Å². The molecule has 0 heterocycles. The molecule has 0 amide bonds. The number of hydrogen-bond donors (Lipinski definition) is 2. The zero-order valence-electron chi connectivity index (χ0n) is 9.43. The Kier molecular flexibility index (Phi) is 5.88. The number of carbonyl (C=O) groups excluding carboxylic acids is 1. The Morgan fingerprint density at radius 2 is 1.06 bits per heavy atom. The number of benzene rings is 2. The van der Waals surface area contributed by atoms with Gasteiger partial charge in [0.2, 0.25) is 0 Å². The molecule has 0 atom stereocenters. The molecule has 2 aromatic rings. The molecule has 18 heavy (non-hydrogen) atoms. The average Bonchev–Trinajstić information content (AvgIpc) is 2.39. The van der Waals surface area contributed by atoms with E-state index in [-0.39, 0.29) is 5.78 Å². The van der Waals surface area contributed by atoms with Crippen LogP contribution in [0.15, 0.2) is 60.7 Å². The first-order valence-corrected chi connectivity index (χ1v) is 6.27. The third kappa shape index (κ3) is 4.97. The van der Waals surface area contributed by atoms with Crippen LogP contribution in [0.4, 0.5) is 0 Å². The van der Waals surface area contributed by atoms with Crippen LogP contribution in [0.1, 0.15) is 15.9 Å². The number of rotatable bonds is 2. The summed E-state index contributed by atoms with van der Waals surface area (Å²) in [5.74, 6) is 0.0752. The van der Waals surface area contributed by atoms with E-state index in [4.69, 9.17) is 14.4 Å². The summed E-state index contributed by atoms with van der Waals surface area (Å²) in [7, 11) is -2.87. The molecule has 0 saturated heterocycles. The van der Waals surface area contributed by atoms with Crippen molar-refractivity contribution in [1.82, 2.24) is 0 Å². The first-order valence-electron chi connectivity index (χ1n) is 5.11. The summed E-state index contributed by atoms with van der Waals surface area (Å²) in [5.41, 5.74) is 1.47. The summed E-state index contributed by atoms with van der Waals surface area (Å²) in [5, 5.41) is 0. The molecule has 0 aliphatic carbocycles. The van der Waals surface area contributed by atoms with Gasteiger partial charge in [0.25, 0.3) is 0 Å². The van der Waals surface area contributed by atoms with E-state index >= 15 is 0 Å². The van der Waals surface area contributed by atoms with E-state index in [1.54, 1.807) is 0 Å². The maximum atomic E-state index is 11.8. The van der Waals surface area contributed by atoms with Gasteiger partial charge in [-0.1, -0.05) is 60.7 Å². The molecular formula is C13H12O4P+. The van der Waals surface area contributed by atoms with Gasteiger partial charge < -0.3 is 0 Å². The van der Waals surface area contributed by atoms with Crippen LogP contribution in [0.25, 0.3) is 0 Å². The SMILES string of the molecule is O=C(c1ccccc1)c1ccccc1.O=[P+](O)O. The molecule has 0 aliphatic rings. The summed E-state index contributed by atoms with van der Waals surface area (Å²) in [6, 6.07) is 18.6. The van der Waals surface area contributed by atoms with E-state index in [1.807, 2.05) is 60.7 Å². The quantitative estimate of drug-likeness (QED) is 0.645. The summed E-state index contributed by atoms with van der Waals surface area (Å²) in [4.78, 5) is 26.1. The minimum absolute atomic E-state index is 0.0752. The van der Waals surface area contributed by atoms with Crippen molar-refractivity contribution in [2.24, 2.45) is 0 Å². The molecule has 92 valence electrons. The summed E-state index contributed by atoms with van der Waals surface area (Å²) in [6.07, 6.45) is 0. The summed E-state index contributed by atoms with van der Waals surface area (Å²) < 4.78 is 8.70. The standard InChI is InChI=1S/C13H10O.HO3P/c14-13(11-7-3-1-4-8-11)12-9-5-2-6-10-12;1-4(2)3/h1-10H;(H-,1,2,3)/p+1. The second-order valence-corrected chi connectivity index (χ2v) is 3.82. The smallest absolute Gasteiger partial charge is 0.289 e. The molecule has 0 unspecified atom stereocenters. The number of carbonyl (C=O) groups is 1. The first kappa shape index (κ1) is 14.2. The highest BCUT2D eigenvalue weighted by molar-refractivity contribution is 7.30. The van der Waals surface area contributed by atoms with Crippen LogP contribution < -0.4 is 0 Å². The Morgan fingerprint density at radius 1 is 0.778 bits per heavy atom. The lowest BCUT2D eigenvalue weighted by Crippen LogP contribution is -1.99. The van der Waals surface area contributed by atoms with Crippen molar-refractivity contribution in [3.05, 3.63) is 71.8 Å². The van der Waals surface area contributed by atoms with Crippen molar-refractivity contribution in [3.63, 3.8) is 0 Å². The Morgan fingerprint density at radius 3 is 1.33 bits per heavy atom. The summed E-state index contributed by atoms with van der Waals surface area (Å²) in [6.45, 7) is 0. The fourth-order valence-corrected chi connectivity index (χ4v) is 1.35. The fourth-order valence-electron chi connectivity index (χ4n) is 1.35. The van der Waals surface area contributed by atoms with Gasteiger partial charge in [0.05, 0.1) is 0 Å². The molecule has 0 spiro atoms. The normalized spacial score (nSPS) is 9.00. The van der Waals surface area contributed by atoms with E-state index in [0.29, 0.717) is 0 Å². The highest BCUT2D eigenvalue weighted by Crippen LogP contribution is 2.08. The van der Waals surface area contributed by atoms with Gasteiger partial charge in [0, 0.05) is 15.7 Å². The second-order valence-electron chi connectivity index (χ2n) is 3.31. The molecule has 2 rings (SSSR count). The van der Waals surface area contributed by atoms with Crippen LogP contribution in [-0.2, 0) is 4.57 Å². The number of hydrogen-bond acceptors (Lipinski definition) is 2. The topological polar surface area (TPSA) is 74.6 Å². The molecule has 0 fully saturated rings. The lowest BCUT2D eigenvalue weighted by Gasteiger charge is -1.99. The number of ketones is 1. The van der Waals surface area contributed by atoms with E-state index in [2.05, 4.69) is 0 Å². The second kappa shape index (κ2) is 7.45. The summed E-state index contributed by atoms with van der Waals surface area (Å²) >= 11 is 0. The van der Waals surface area contributed by atoms with Crippen molar-refractivity contribution in [1.29, 1.82) is 0 Å². The Hall–Kier alpha value is -1.87. The zero-order valence-corrected chi connectivity index (χ0v) is 10.3. The Labute approximate surface area is 105 Å². The van der Waals surface area contributed by atoms with Gasteiger partial charge in [-0.15, -0.1) is 9.79 Å². The third-order valence-electron chi connectivity index (χ3n) is 2.07. The van der Waals surface area contributed by atoms with E-state index in [9.17, 15) is 4.79 Å². The predicted molar refractivity (Wildman–Crippen MR) is 68.4 cm³/mol. The molecule has 0 aliphatic heterocycles. The fraction of sp³-hybridized carbons (Fsp3) is 0. The minimum atomic E-state index is -2.87. The monoisotopic (exact) mass is 263 g/mol. The maximum absolute atomic E-state index is 11.8. The van der Waals surface area contributed by atoms with Gasteiger partial charge in [0.1, 0.15) is 0 Å². The van der Waals surface area contributed by atoms with Gasteiger partial charge >= 0.3 is 8.25 Å². The van der Waals surface area contributed by atoms with Gasteiger partial charge in [0.15, 0.2) is 5.78 Å². The van der Waals surface area contributed by atoms with Crippen molar-refractivity contribution in [3.8, 4) is 0 Å². The lowest BCUT2D eigenvalue weighted by molar-refractivity contribution is 0.103. The molecule has 0 saturated carbocycles. The molecule has 2 N–H and O–H groups in total. The molecular weight excluding hydrogens is 251 g/mol. The largest absolute Gasteiger partial charge is 0.692 e. The van der Waals surface area contributed by atoms with Gasteiger partial charge in [-0.25, -0.2) is 0 Å². The third-order valence-corrected chi connectivity index (χ3v) is 2.07. The van der Waals surface area contributed by atoms with Crippen LogP contribution >= 0.6 is 8.25 Å².